The fraction of sp³-hybridized carbons (Fsp3) is 0.375. The number of hydrogen-bond acceptors (Lipinski definition) is 4. The van der Waals surface area contributed by atoms with E-state index in [9.17, 15) is 5.11 Å². The molecule has 4 heteroatoms. The molecule has 6 aliphatic rings. The Morgan fingerprint density at radius 3 is 2.42 bits per heavy atom. The van der Waals surface area contributed by atoms with Gasteiger partial charge in [0.05, 0.1) is 19.5 Å². The SMILES string of the molecule is COC1=CC=C(C2CC3c4ccc5c6c(ccc(c46)C3S2)C2C=C(C3=CC=C(CO)CC3)SC52)CC1. The highest BCUT2D eigenvalue weighted by atomic mass is 32.2. The van der Waals surface area contributed by atoms with Gasteiger partial charge in [0.2, 0.25) is 0 Å². The lowest BCUT2D eigenvalue weighted by atomic mass is 9.90. The van der Waals surface area contributed by atoms with E-state index in [4.69, 9.17) is 4.74 Å². The minimum atomic E-state index is 0.186. The number of rotatable bonds is 4. The number of fused-ring (bicyclic) bond motifs is 6. The molecule has 36 heavy (non-hydrogen) atoms. The van der Waals surface area contributed by atoms with Gasteiger partial charge in [-0.3, -0.25) is 0 Å². The van der Waals surface area contributed by atoms with Crippen molar-refractivity contribution in [2.45, 2.75) is 59.7 Å². The molecule has 0 saturated carbocycles. The Bertz CT molecular complexity index is 1450. The molecular formula is C32H30O2S2. The number of allylic oxidation sites excluding steroid dienone is 7. The molecule has 2 aliphatic heterocycles. The Kier molecular flexibility index (Phi) is 4.98. The third-order valence-electron chi connectivity index (χ3n) is 9.29. The summed E-state index contributed by atoms with van der Waals surface area (Å²) >= 11 is 4.29. The fourth-order valence-electron chi connectivity index (χ4n) is 7.45. The lowest BCUT2D eigenvalue weighted by Gasteiger charge is -2.20. The molecule has 1 saturated heterocycles. The average Bonchev–Trinajstić information content (AvgIpc) is 3.68. The zero-order valence-corrected chi connectivity index (χ0v) is 22.1. The first-order chi connectivity index (χ1) is 17.7. The highest BCUT2D eigenvalue weighted by Crippen LogP contribution is 2.67. The van der Waals surface area contributed by atoms with Crippen LogP contribution in [0.2, 0.25) is 0 Å². The van der Waals surface area contributed by atoms with Gasteiger partial charge in [-0.15, -0.1) is 23.5 Å². The maximum Gasteiger partial charge on any atom is 0.0958 e. The molecule has 5 unspecified atom stereocenters. The second-order valence-electron chi connectivity index (χ2n) is 11.0. The molecule has 1 N–H and O–H groups in total. The predicted molar refractivity (Wildman–Crippen MR) is 151 cm³/mol. The van der Waals surface area contributed by atoms with E-state index in [0.29, 0.717) is 27.6 Å². The molecule has 0 spiro atoms. The molecule has 2 nitrogen and oxygen atoms in total. The zero-order valence-electron chi connectivity index (χ0n) is 20.5. The fourth-order valence-corrected chi connectivity index (χ4v) is 10.8. The zero-order chi connectivity index (χ0) is 24.0. The summed E-state index contributed by atoms with van der Waals surface area (Å²) in [4.78, 5) is 1.46. The van der Waals surface area contributed by atoms with E-state index >= 15 is 0 Å². The maximum atomic E-state index is 9.45. The van der Waals surface area contributed by atoms with Crippen molar-refractivity contribution in [3.05, 3.63) is 104 Å². The van der Waals surface area contributed by atoms with Crippen molar-refractivity contribution in [1.29, 1.82) is 0 Å². The van der Waals surface area contributed by atoms with Crippen LogP contribution in [0.15, 0.2) is 82.0 Å². The topological polar surface area (TPSA) is 29.5 Å². The quantitative estimate of drug-likeness (QED) is 0.449. The smallest absolute Gasteiger partial charge is 0.0958 e. The predicted octanol–water partition coefficient (Wildman–Crippen LogP) is 8.14. The Morgan fingerprint density at radius 1 is 0.861 bits per heavy atom. The van der Waals surface area contributed by atoms with Gasteiger partial charge in [0.25, 0.3) is 0 Å². The Labute approximate surface area is 221 Å². The number of hydrogen-bond donors (Lipinski definition) is 1. The molecule has 1 fully saturated rings. The monoisotopic (exact) mass is 510 g/mol. The van der Waals surface area contributed by atoms with Crippen LogP contribution in [0.1, 0.15) is 76.7 Å². The highest BCUT2D eigenvalue weighted by Gasteiger charge is 2.47. The van der Waals surface area contributed by atoms with Crippen molar-refractivity contribution in [2.75, 3.05) is 13.7 Å². The van der Waals surface area contributed by atoms with Crippen molar-refractivity contribution in [3.63, 3.8) is 0 Å². The van der Waals surface area contributed by atoms with Gasteiger partial charge in [0, 0.05) is 38.9 Å². The first-order valence-corrected chi connectivity index (χ1v) is 15.1. The summed E-state index contributed by atoms with van der Waals surface area (Å²) < 4.78 is 5.46. The van der Waals surface area contributed by atoms with E-state index in [1.807, 2.05) is 0 Å². The lowest BCUT2D eigenvalue weighted by Crippen LogP contribution is -2.07. The normalized spacial score (nSPS) is 31.5. The Balaban J connectivity index is 1.13. The second kappa shape index (κ2) is 8.18. The van der Waals surface area contributed by atoms with Gasteiger partial charge in [-0.05, 0) is 75.9 Å². The van der Waals surface area contributed by atoms with Crippen molar-refractivity contribution in [1.82, 2.24) is 0 Å². The van der Waals surface area contributed by atoms with Gasteiger partial charge < -0.3 is 9.84 Å². The minimum absolute atomic E-state index is 0.186. The van der Waals surface area contributed by atoms with Crippen LogP contribution in [0.5, 0.6) is 0 Å². The molecule has 8 rings (SSSR count). The van der Waals surface area contributed by atoms with Crippen LogP contribution in [0.4, 0.5) is 0 Å². The van der Waals surface area contributed by atoms with Crippen LogP contribution in [0.25, 0.3) is 10.8 Å². The van der Waals surface area contributed by atoms with Crippen LogP contribution < -0.4 is 0 Å². The molecule has 2 aromatic carbocycles. The van der Waals surface area contributed by atoms with Gasteiger partial charge in [0.15, 0.2) is 0 Å². The van der Waals surface area contributed by atoms with Crippen molar-refractivity contribution >= 4 is 34.3 Å². The number of benzene rings is 2. The summed E-state index contributed by atoms with van der Waals surface area (Å²) in [5.74, 6) is 2.25. The van der Waals surface area contributed by atoms with Gasteiger partial charge >= 0.3 is 0 Å². The van der Waals surface area contributed by atoms with E-state index in [1.54, 1.807) is 45.7 Å². The third kappa shape index (κ3) is 3.04. The van der Waals surface area contributed by atoms with Gasteiger partial charge in [0.1, 0.15) is 0 Å². The van der Waals surface area contributed by atoms with Gasteiger partial charge in [-0.2, -0.15) is 0 Å². The molecular weight excluding hydrogens is 480 g/mol. The molecule has 2 heterocycles. The second-order valence-corrected chi connectivity index (χ2v) is 13.5. The first-order valence-electron chi connectivity index (χ1n) is 13.3. The van der Waals surface area contributed by atoms with E-state index in [0.717, 1.165) is 37.0 Å². The van der Waals surface area contributed by atoms with E-state index in [-0.39, 0.29) is 6.61 Å². The summed E-state index contributed by atoms with van der Waals surface area (Å²) in [6.45, 7) is 0.186. The Hall–Kier alpha value is -2.14. The largest absolute Gasteiger partial charge is 0.501 e. The first kappa shape index (κ1) is 21.9. The van der Waals surface area contributed by atoms with Crippen molar-refractivity contribution in [2.24, 2.45) is 0 Å². The van der Waals surface area contributed by atoms with Crippen LogP contribution in [-0.2, 0) is 4.74 Å². The standard InChI is InChI=1S/C32H30O2S2/c1-34-20-8-6-19(7-9-20)28-15-26-22-11-12-23-29-21(10-13-24(30(22)29)32(26)36-28)25-14-27(35-31(23)25)18-4-2-17(16-33)3-5-18/h2,4,6,8,10-14,25-26,28,31-33H,3,5,7,9,15-16H2,1H3. The lowest BCUT2D eigenvalue weighted by molar-refractivity contribution is 0.275. The molecule has 0 radical (unpaired) electrons. The Morgan fingerprint density at radius 2 is 1.67 bits per heavy atom. The van der Waals surface area contributed by atoms with Gasteiger partial charge in [-0.25, -0.2) is 0 Å². The number of aliphatic hydroxyl groups is 1. The average molecular weight is 511 g/mol. The van der Waals surface area contributed by atoms with Crippen LogP contribution >= 0.6 is 23.5 Å². The number of thioether (sulfide) groups is 2. The molecule has 0 bridgehead atoms. The molecule has 0 aromatic heterocycles. The minimum Gasteiger partial charge on any atom is -0.501 e. The van der Waals surface area contributed by atoms with Crippen molar-refractivity contribution < 1.29 is 9.84 Å². The van der Waals surface area contributed by atoms with Crippen LogP contribution in [0, 0.1) is 0 Å². The summed E-state index contributed by atoms with van der Waals surface area (Å²) in [6.07, 6.45) is 16.9. The van der Waals surface area contributed by atoms with Crippen LogP contribution in [0.3, 0.4) is 0 Å². The maximum absolute atomic E-state index is 9.45. The van der Waals surface area contributed by atoms with Gasteiger partial charge in [-0.1, -0.05) is 54.1 Å². The summed E-state index contributed by atoms with van der Waals surface area (Å²) in [5.41, 5.74) is 10.5. The number of ether oxygens (including phenoxy) is 1. The van der Waals surface area contributed by atoms with E-state index < -0.39 is 0 Å². The number of aliphatic hydroxyl groups excluding tert-OH is 1. The van der Waals surface area contributed by atoms with Crippen LogP contribution in [-0.4, -0.2) is 24.1 Å². The summed E-state index contributed by atoms with van der Waals surface area (Å²) in [5, 5.41) is 14.4. The van der Waals surface area contributed by atoms with E-state index in [1.165, 1.54) is 16.9 Å². The highest BCUT2D eigenvalue weighted by molar-refractivity contribution is 8.03. The third-order valence-corrected chi connectivity index (χ3v) is 12.4. The molecule has 0 amide bonds. The summed E-state index contributed by atoms with van der Waals surface area (Å²) in [6, 6.07) is 9.93. The number of methoxy groups -OCH3 is 1. The summed E-state index contributed by atoms with van der Waals surface area (Å²) in [7, 11) is 1.79. The molecule has 182 valence electrons. The van der Waals surface area contributed by atoms with Crippen molar-refractivity contribution in [3.8, 4) is 0 Å². The molecule has 2 aromatic rings. The van der Waals surface area contributed by atoms with E-state index in [2.05, 4.69) is 78.2 Å². The molecule has 4 aliphatic carbocycles. The molecule has 5 atom stereocenters.